The first-order chi connectivity index (χ1) is 21.2. The summed E-state index contributed by atoms with van der Waals surface area (Å²) in [6.07, 6.45) is 0.808. The van der Waals surface area contributed by atoms with Crippen molar-refractivity contribution in [2.24, 2.45) is 5.10 Å². The normalized spacial score (nSPS) is 16.9. The Morgan fingerprint density at radius 2 is 1.09 bits per heavy atom. The molecule has 6 aromatic rings. The second kappa shape index (κ2) is 9.29. The van der Waals surface area contributed by atoms with E-state index in [1.165, 1.54) is 55.6 Å². The standard InChI is InChI=1S/C40H27ClN2/c41-28-21-18-26(19-22-28)39-25-38(42-43(39)29-10-2-1-3-11-29)27-20-23-33-32-14-6-9-17-36(32)40(37(33)24-27)34-15-7-4-12-30(34)31-13-5-8-16-35(31)40/h1-24,39H,25H2. The van der Waals surface area contributed by atoms with Crippen LogP contribution in [0.15, 0.2) is 151 Å². The molecule has 1 unspecified atom stereocenters. The van der Waals surface area contributed by atoms with Crippen molar-refractivity contribution < 1.29 is 0 Å². The minimum Gasteiger partial charge on any atom is -0.257 e. The summed E-state index contributed by atoms with van der Waals surface area (Å²) in [5, 5.41) is 8.23. The summed E-state index contributed by atoms with van der Waals surface area (Å²) < 4.78 is 0. The van der Waals surface area contributed by atoms with E-state index in [2.05, 4.69) is 138 Å². The number of nitrogens with zero attached hydrogens (tertiary/aromatic N) is 2. The second-order valence-electron chi connectivity index (χ2n) is 11.6. The van der Waals surface area contributed by atoms with Crippen molar-refractivity contribution in [3.63, 3.8) is 0 Å². The quantitative estimate of drug-likeness (QED) is 0.206. The van der Waals surface area contributed by atoms with Gasteiger partial charge >= 0.3 is 0 Å². The van der Waals surface area contributed by atoms with Gasteiger partial charge in [0.2, 0.25) is 0 Å². The van der Waals surface area contributed by atoms with Crippen molar-refractivity contribution in [1.82, 2.24) is 0 Å². The van der Waals surface area contributed by atoms with E-state index in [0.717, 1.165) is 22.8 Å². The number of fused-ring (bicyclic) bond motifs is 10. The molecule has 0 amide bonds. The molecule has 0 fully saturated rings. The van der Waals surface area contributed by atoms with Crippen LogP contribution < -0.4 is 5.01 Å². The zero-order chi connectivity index (χ0) is 28.5. The van der Waals surface area contributed by atoms with E-state index in [9.17, 15) is 0 Å². The third kappa shape index (κ3) is 3.45. The lowest BCUT2D eigenvalue weighted by molar-refractivity contribution is 0.709. The van der Waals surface area contributed by atoms with Gasteiger partial charge < -0.3 is 0 Å². The van der Waals surface area contributed by atoms with Gasteiger partial charge in [0.05, 0.1) is 22.9 Å². The van der Waals surface area contributed by atoms with Crippen LogP contribution in [0.25, 0.3) is 22.3 Å². The van der Waals surface area contributed by atoms with E-state index in [-0.39, 0.29) is 11.5 Å². The average molecular weight is 571 g/mol. The molecule has 1 atom stereocenters. The molecule has 0 aromatic heterocycles. The predicted molar refractivity (Wildman–Crippen MR) is 177 cm³/mol. The van der Waals surface area contributed by atoms with E-state index in [0.29, 0.717) is 0 Å². The Balaban J connectivity index is 1.25. The smallest absolute Gasteiger partial charge is 0.0831 e. The van der Waals surface area contributed by atoms with Gasteiger partial charge in [-0.25, -0.2) is 0 Å². The molecule has 9 rings (SSSR count). The summed E-state index contributed by atoms with van der Waals surface area (Å²) in [4.78, 5) is 0. The maximum absolute atomic E-state index is 6.28. The molecule has 0 saturated heterocycles. The number of benzene rings is 6. The molecule has 0 N–H and O–H groups in total. The van der Waals surface area contributed by atoms with Crippen LogP contribution in [0, 0.1) is 0 Å². The molecule has 43 heavy (non-hydrogen) atoms. The molecule has 6 aromatic carbocycles. The van der Waals surface area contributed by atoms with Gasteiger partial charge in [-0.15, -0.1) is 0 Å². The number of halogens is 1. The SMILES string of the molecule is Clc1ccc(C2CC(c3ccc4c(c3)C3(c5ccccc5-c5ccccc53)c3ccccc3-4)=NN2c2ccccc2)cc1. The highest BCUT2D eigenvalue weighted by Gasteiger charge is 2.51. The van der Waals surface area contributed by atoms with Crippen LogP contribution in [0.4, 0.5) is 5.69 Å². The molecule has 3 heteroatoms. The van der Waals surface area contributed by atoms with E-state index in [1.807, 2.05) is 12.1 Å². The number of hydrogen-bond acceptors (Lipinski definition) is 2. The summed E-state index contributed by atoms with van der Waals surface area (Å²) in [6.45, 7) is 0. The van der Waals surface area contributed by atoms with Crippen LogP contribution in [0.3, 0.4) is 0 Å². The van der Waals surface area contributed by atoms with Gasteiger partial charge in [0.1, 0.15) is 0 Å². The van der Waals surface area contributed by atoms with Crippen molar-refractivity contribution >= 4 is 23.0 Å². The second-order valence-corrected chi connectivity index (χ2v) is 12.1. The van der Waals surface area contributed by atoms with E-state index in [1.54, 1.807) is 0 Å². The third-order valence-corrected chi connectivity index (χ3v) is 9.77. The van der Waals surface area contributed by atoms with Gasteiger partial charge in [0.25, 0.3) is 0 Å². The van der Waals surface area contributed by atoms with Gasteiger partial charge in [-0.05, 0) is 86.0 Å². The summed E-state index contributed by atoms with van der Waals surface area (Å²) in [5.74, 6) is 0. The molecule has 2 nitrogen and oxygen atoms in total. The fourth-order valence-electron chi connectivity index (χ4n) is 7.72. The van der Waals surface area contributed by atoms with E-state index < -0.39 is 0 Å². The largest absolute Gasteiger partial charge is 0.257 e. The van der Waals surface area contributed by atoms with E-state index >= 15 is 0 Å². The molecule has 1 spiro atoms. The zero-order valence-corrected chi connectivity index (χ0v) is 24.2. The Morgan fingerprint density at radius 1 is 0.558 bits per heavy atom. The summed E-state index contributed by atoms with van der Waals surface area (Å²) in [5.41, 5.74) is 14.9. The van der Waals surface area contributed by atoms with Gasteiger partial charge in [0, 0.05) is 11.4 Å². The Bertz CT molecular complexity index is 2010. The van der Waals surface area contributed by atoms with Crippen LogP contribution in [0.2, 0.25) is 5.02 Å². The molecule has 2 aliphatic carbocycles. The minimum absolute atomic E-state index is 0.0852. The van der Waals surface area contributed by atoms with Crippen molar-refractivity contribution in [2.45, 2.75) is 17.9 Å². The Morgan fingerprint density at radius 3 is 1.70 bits per heavy atom. The molecule has 0 saturated carbocycles. The molecule has 3 aliphatic rings. The fourth-order valence-corrected chi connectivity index (χ4v) is 7.85. The lowest BCUT2D eigenvalue weighted by Crippen LogP contribution is -2.26. The Labute approximate surface area is 256 Å². The monoisotopic (exact) mass is 570 g/mol. The number of hydrogen-bond donors (Lipinski definition) is 0. The molecule has 0 bridgehead atoms. The highest BCUT2D eigenvalue weighted by atomic mass is 35.5. The lowest BCUT2D eigenvalue weighted by Gasteiger charge is -2.30. The maximum Gasteiger partial charge on any atom is 0.0831 e. The molecule has 1 aliphatic heterocycles. The third-order valence-electron chi connectivity index (χ3n) is 9.52. The van der Waals surface area contributed by atoms with E-state index in [4.69, 9.17) is 16.7 Å². The highest BCUT2D eigenvalue weighted by molar-refractivity contribution is 6.30. The first-order valence-corrected chi connectivity index (χ1v) is 15.2. The Kier molecular flexibility index (Phi) is 5.33. The summed E-state index contributed by atoms with van der Waals surface area (Å²) in [7, 11) is 0. The highest BCUT2D eigenvalue weighted by Crippen LogP contribution is 2.62. The van der Waals surface area contributed by atoms with Gasteiger partial charge in [0.15, 0.2) is 0 Å². The zero-order valence-electron chi connectivity index (χ0n) is 23.4. The number of rotatable bonds is 3. The predicted octanol–water partition coefficient (Wildman–Crippen LogP) is 10.0. The van der Waals surface area contributed by atoms with Gasteiger partial charge in [-0.2, -0.15) is 5.10 Å². The van der Waals surface area contributed by atoms with Crippen molar-refractivity contribution in [3.05, 3.63) is 184 Å². The van der Waals surface area contributed by atoms with Crippen LogP contribution in [-0.4, -0.2) is 5.71 Å². The topological polar surface area (TPSA) is 15.6 Å². The molecular weight excluding hydrogens is 544 g/mol. The number of para-hydroxylation sites is 1. The Hall–Kier alpha value is -4.92. The summed E-state index contributed by atoms with van der Waals surface area (Å²) >= 11 is 6.28. The minimum atomic E-state index is -0.358. The fraction of sp³-hybridized carbons (Fsp3) is 0.0750. The lowest BCUT2D eigenvalue weighted by atomic mass is 9.70. The van der Waals surface area contributed by atoms with Crippen molar-refractivity contribution in [3.8, 4) is 22.3 Å². The maximum atomic E-state index is 6.28. The first kappa shape index (κ1) is 24.7. The average Bonchev–Trinajstić information content (AvgIpc) is 3.73. The molecule has 0 radical (unpaired) electrons. The first-order valence-electron chi connectivity index (χ1n) is 14.8. The van der Waals surface area contributed by atoms with Gasteiger partial charge in [-0.3, -0.25) is 5.01 Å². The van der Waals surface area contributed by atoms with Crippen molar-refractivity contribution in [1.29, 1.82) is 0 Å². The van der Waals surface area contributed by atoms with Crippen molar-refractivity contribution in [2.75, 3.05) is 5.01 Å². The number of anilines is 1. The van der Waals surface area contributed by atoms with Crippen LogP contribution in [0.1, 0.15) is 45.8 Å². The van der Waals surface area contributed by atoms with Gasteiger partial charge in [-0.1, -0.05) is 127 Å². The molecular formula is C40H27ClN2. The number of hydrazone groups is 1. The van der Waals surface area contributed by atoms with Crippen LogP contribution in [0.5, 0.6) is 0 Å². The molecule has 1 heterocycles. The van der Waals surface area contributed by atoms with Crippen LogP contribution in [-0.2, 0) is 5.41 Å². The molecule has 204 valence electrons. The summed E-state index contributed by atoms with van der Waals surface area (Å²) in [6, 6.07) is 52.7. The van der Waals surface area contributed by atoms with Crippen LogP contribution >= 0.6 is 11.6 Å².